The summed E-state index contributed by atoms with van der Waals surface area (Å²) in [5.41, 5.74) is 3.29. The SMILES string of the molecule is CCN(C(=O)CCN1CCCC1c1ccccn1)c1ccccc1C. The van der Waals surface area contributed by atoms with Crippen molar-refractivity contribution in [1.29, 1.82) is 0 Å². The molecule has 0 aliphatic carbocycles. The molecular weight excluding hydrogens is 310 g/mol. The first-order valence-corrected chi connectivity index (χ1v) is 9.21. The zero-order chi connectivity index (χ0) is 17.6. The predicted octanol–water partition coefficient (Wildman–Crippen LogP) is 3.97. The van der Waals surface area contributed by atoms with Crippen LogP contribution in [0, 0.1) is 6.92 Å². The van der Waals surface area contributed by atoms with Gasteiger partial charge in [0.2, 0.25) is 5.91 Å². The number of anilines is 1. The highest BCUT2D eigenvalue weighted by atomic mass is 16.2. The van der Waals surface area contributed by atoms with Crippen molar-refractivity contribution < 1.29 is 4.79 Å². The molecule has 1 amide bonds. The van der Waals surface area contributed by atoms with E-state index in [9.17, 15) is 4.79 Å². The van der Waals surface area contributed by atoms with Crippen LogP contribution in [0.4, 0.5) is 5.69 Å². The fraction of sp³-hybridized carbons (Fsp3) is 0.429. The van der Waals surface area contributed by atoms with E-state index in [-0.39, 0.29) is 5.91 Å². The minimum absolute atomic E-state index is 0.198. The first kappa shape index (κ1) is 17.6. The van der Waals surface area contributed by atoms with Gasteiger partial charge in [-0.2, -0.15) is 0 Å². The summed E-state index contributed by atoms with van der Waals surface area (Å²) in [7, 11) is 0. The van der Waals surface area contributed by atoms with E-state index in [1.54, 1.807) is 0 Å². The molecule has 1 saturated heterocycles. The van der Waals surface area contributed by atoms with E-state index in [4.69, 9.17) is 0 Å². The number of hydrogen-bond donors (Lipinski definition) is 0. The standard InChI is InChI=1S/C21H27N3O/c1-3-24(19-11-5-4-9-17(19)2)21(25)13-16-23-15-8-12-20(23)18-10-6-7-14-22-18/h4-7,9-11,14,20H,3,8,12-13,15-16H2,1-2H3. The molecule has 0 N–H and O–H groups in total. The fourth-order valence-corrected chi connectivity index (χ4v) is 3.72. The minimum Gasteiger partial charge on any atom is -0.312 e. The van der Waals surface area contributed by atoms with Gasteiger partial charge in [0.25, 0.3) is 0 Å². The van der Waals surface area contributed by atoms with Crippen LogP contribution in [0.1, 0.15) is 43.5 Å². The quantitative estimate of drug-likeness (QED) is 0.800. The molecule has 1 aliphatic heterocycles. The van der Waals surface area contributed by atoms with Crippen molar-refractivity contribution in [1.82, 2.24) is 9.88 Å². The molecular formula is C21H27N3O. The Morgan fingerprint density at radius 2 is 2.04 bits per heavy atom. The lowest BCUT2D eigenvalue weighted by Crippen LogP contribution is -2.35. The summed E-state index contributed by atoms with van der Waals surface area (Å²) in [5.74, 6) is 0.198. The number of nitrogens with zero attached hydrogens (tertiary/aromatic N) is 3. The summed E-state index contributed by atoms with van der Waals surface area (Å²) < 4.78 is 0. The van der Waals surface area contributed by atoms with Gasteiger partial charge in [0.1, 0.15) is 0 Å². The molecule has 0 saturated carbocycles. The van der Waals surface area contributed by atoms with Crippen LogP contribution in [0.5, 0.6) is 0 Å². The van der Waals surface area contributed by atoms with Gasteiger partial charge in [0, 0.05) is 31.4 Å². The Morgan fingerprint density at radius 1 is 1.24 bits per heavy atom. The van der Waals surface area contributed by atoms with E-state index in [1.807, 2.05) is 48.4 Å². The van der Waals surface area contributed by atoms with Gasteiger partial charge >= 0.3 is 0 Å². The van der Waals surface area contributed by atoms with Gasteiger partial charge in [-0.25, -0.2) is 0 Å². The molecule has 1 unspecified atom stereocenters. The molecule has 0 bridgehead atoms. The Labute approximate surface area is 150 Å². The molecule has 2 heterocycles. The van der Waals surface area contributed by atoms with Gasteiger partial charge in [0.15, 0.2) is 0 Å². The second-order valence-electron chi connectivity index (χ2n) is 6.62. The van der Waals surface area contributed by atoms with Crippen molar-refractivity contribution in [3.05, 3.63) is 59.9 Å². The second-order valence-corrected chi connectivity index (χ2v) is 6.62. The molecule has 4 nitrogen and oxygen atoms in total. The van der Waals surface area contributed by atoms with Gasteiger partial charge in [-0.1, -0.05) is 24.3 Å². The number of carbonyl (C=O) groups excluding carboxylic acids is 1. The molecule has 1 fully saturated rings. The van der Waals surface area contributed by atoms with Gasteiger partial charge < -0.3 is 4.90 Å². The van der Waals surface area contributed by atoms with Crippen molar-refractivity contribution in [2.24, 2.45) is 0 Å². The molecule has 1 aromatic carbocycles. The maximum atomic E-state index is 12.8. The van der Waals surface area contributed by atoms with E-state index < -0.39 is 0 Å². The Morgan fingerprint density at radius 3 is 2.76 bits per heavy atom. The zero-order valence-electron chi connectivity index (χ0n) is 15.2. The lowest BCUT2D eigenvalue weighted by Gasteiger charge is -2.27. The number of aromatic nitrogens is 1. The van der Waals surface area contributed by atoms with Crippen molar-refractivity contribution in [3.63, 3.8) is 0 Å². The fourth-order valence-electron chi connectivity index (χ4n) is 3.72. The highest BCUT2D eigenvalue weighted by Crippen LogP contribution is 2.30. The van der Waals surface area contributed by atoms with Crippen LogP contribution in [0.15, 0.2) is 48.7 Å². The Kier molecular flexibility index (Phi) is 5.82. The third-order valence-corrected chi connectivity index (χ3v) is 5.03. The molecule has 4 heteroatoms. The highest BCUT2D eigenvalue weighted by molar-refractivity contribution is 5.94. The number of amides is 1. The van der Waals surface area contributed by atoms with E-state index >= 15 is 0 Å². The Bertz CT molecular complexity index is 701. The molecule has 1 atom stereocenters. The minimum atomic E-state index is 0.198. The van der Waals surface area contributed by atoms with E-state index in [2.05, 4.69) is 28.9 Å². The molecule has 3 rings (SSSR count). The molecule has 132 valence electrons. The van der Waals surface area contributed by atoms with Gasteiger partial charge in [0.05, 0.1) is 11.7 Å². The maximum absolute atomic E-state index is 12.8. The van der Waals surface area contributed by atoms with Crippen molar-refractivity contribution >= 4 is 11.6 Å². The molecule has 1 aromatic heterocycles. The van der Waals surface area contributed by atoms with Crippen LogP contribution in [-0.4, -0.2) is 35.4 Å². The average molecular weight is 337 g/mol. The first-order chi connectivity index (χ1) is 12.2. The third kappa shape index (κ3) is 4.07. The average Bonchev–Trinajstić information content (AvgIpc) is 3.11. The van der Waals surface area contributed by atoms with Crippen molar-refractivity contribution in [2.75, 3.05) is 24.5 Å². The lowest BCUT2D eigenvalue weighted by molar-refractivity contribution is -0.119. The monoisotopic (exact) mass is 337 g/mol. The van der Waals surface area contributed by atoms with Gasteiger partial charge in [-0.3, -0.25) is 14.7 Å². The largest absolute Gasteiger partial charge is 0.312 e. The number of para-hydroxylation sites is 1. The summed E-state index contributed by atoms with van der Waals surface area (Å²) in [6, 6.07) is 14.5. The summed E-state index contributed by atoms with van der Waals surface area (Å²) in [4.78, 5) is 21.6. The molecule has 1 aliphatic rings. The summed E-state index contributed by atoms with van der Waals surface area (Å²) >= 11 is 0. The smallest absolute Gasteiger partial charge is 0.228 e. The van der Waals surface area contributed by atoms with E-state index in [1.165, 1.54) is 6.42 Å². The summed E-state index contributed by atoms with van der Waals surface area (Å²) in [6.07, 6.45) is 4.70. The number of benzene rings is 1. The molecule has 0 spiro atoms. The lowest BCUT2D eigenvalue weighted by atomic mass is 10.1. The number of aryl methyl sites for hydroxylation is 1. The van der Waals surface area contributed by atoms with Crippen molar-refractivity contribution in [3.8, 4) is 0 Å². The zero-order valence-corrected chi connectivity index (χ0v) is 15.2. The predicted molar refractivity (Wildman–Crippen MR) is 102 cm³/mol. The number of hydrogen-bond acceptors (Lipinski definition) is 3. The van der Waals surface area contributed by atoms with E-state index in [0.29, 0.717) is 19.0 Å². The van der Waals surface area contributed by atoms with Crippen LogP contribution in [0.2, 0.25) is 0 Å². The number of carbonyl (C=O) groups is 1. The number of likely N-dealkylation sites (tertiary alicyclic amines) is 1. The van der Waals surface area contributed by atoms with Crippen LogP contribution in [0.25, 0.3) is 0 Å². The maximum Gasteiger partial charge on any atom is 0.228 e. The van der Waals surface area contributed by atoms with Gasteiger partial charge in [-0.05, 0) is 57.0 Å². The second kappa shape index (κ2) is 8.26. The van der Waals surface area contributed by atoms with Crippen LogP contribution in [0.3, 0.4) is 0 Å². The van der Waals surface area contributed by atoms with Gasteiger partial charge in [-0.15, -0.1) is 0 Å². The Balaban J connectivity index is 1.64. The molecule has 25 heavy (non-hydrogen) atoms. The van der Waals surface area contributed by atoms with E-state index in [0.717, 1.165) is 36.5 Å². The van der Waals surface area contributed by atoms with Crippen LogP contribution in [-0.2, 0) is 4.79 Å². The summed E-state index contributed by atoms with van der Waals surface area (Å²) in [5, 5.41) is 0. The highest BCUT2D eigenvalue weighted by Gasteiger charge is 2.27. The van der Waals surface area contributed by atoms with Crippen molar-refractivity contribution in [2.45, 2.75) is 39.2 Å². The normalized spacial score (nSPS) is 17.6. The Hall–Kier alpha value is -2.20. The third-order valence-electron chi connectivity index (χ3n) is 5.03. The topological polar surface area (TPSA) is 36.4 Å². The molecule has 0 radical (unpaired) electrons. The van der Waals surface area contributed by atoms with Crippen LogP contribution < -0.4 is 4.90 Å². The number of rotatable bonds is 6. The summed E-state index contributed by atoms with van der Waals surface area (Å²) in [6.45, 7) is 6.64. The molecule has 2 aromatic rings. The first-order valence-electron chi connectivity index (χ1n) is 9.21. The number of pyridine rings is 1. The van der Waals surface area contributed by atoms with Crippen LogP contribution >= 0.6 is 0 Å².